The number of aromatic nitrogens is 1. The molecular weight excluding hydrogens is 665 g/mol. The Morgan fingerprint density at radius 1 is 0.415 bits per heavy atom. The van der Waals surface area contributed by atoms with E-state index in [1.807, 2.05) is 47.7 Å². The number of hydrogen-bond donors (Lipinski definition) is 0. The molecule has 3 nitrogen and oxygen atoms in total. The minimum absolute atomic E-state index is 0.620. The molecule has 250 valence electrons. The molecule has 53 heavy (non-hydrogen) atoms. The van der Waals surface area contributed by atoms with Gasteiger partial charge in [-0.15, -0.1) is 11.3 Å². The van der Waals surface area contributed by atoms with E-state index in [0.29, 0.717) is 5.89 Å². The summed E-state index contributed by atoms with van der Waals surface area (Å²) in [6.07, 6.45) is 0. The van der Waals surface area contributed by atoms with Crippen molar-refractivity contribution in [1.29, 1.82) is 0 Å². The van der Waals surface area contributed by atoms with Gasteiger partial charge in [0.2, 0.25) is 5.89 Å². The lowest BCUT2D eigenvalue weighted by Crippen LogP contribution is -2.10. The van der Waals surface area contributed by atoms with Gasteiger partial charge in [0.15, 0.2) is 5.58 Å². The normalized spacial score (nSPS) is 11.4. The maximum Gasteiger partial charge on any atom is 0.227 e. The molecule has 4 heteroatoms. The molecule has 0 aliphatic heterocycles. The lowest BCUT2D eigenvalue weighted by molar-refractivity contribution is 0.621. The van der Waals surface area contributed by atoms with Crippen LogP contribution in [-0.4, -0.2) is 4.98 Å². The smallest absolute Gasteiger partial charge is 0.227 e. The minimum Gasteiger partial charge on any atom is -0.435 e. The SMILES string of the molecule is c1ccc(-c2ccc(N(c3ccc(-c4ccccc4)cc3)c3cc(-c4cccc5nc(-c6ccccc6)oc45)c4c(c3)sc3ccccc34)cc2)cc1. The number of fused-ring (bicyclic) bond motifs is 4. The van der Waals surface area contributed by atoms with Crippen LogP contribution in [0.15, 0.2) is 199 Å². The van der Waals surface area contributed by atoms with Crippen molar-refractivity contribution in [3.05, 3.63) is 194 Å². The topological polar surface area (TPSA) is 29.3 Å². The summed E-state index contributed by atoms with van der Waals surface area (Å²) < 4.78 is 9.10. The Labute approximate surface area is 311 Å². The fourth-order valence-electron chi connectivity index (χ4n) is 7.36. The van der Waals surface area contributed by atoms with E-state index in [1.54, 1.807) is 0 Å². The molecule has 2 heterocycles. The first kappa shape index (κ1) is 31.0. The second kappa shape index (κ2) is 13.1. The van der Waals surface area contributed by atoms with Crippen LogP contribution in [0.4, 0.5) is 17.1 Å². The Bertz CT molecular complexity index is 2780. The Kier molecular flexibility index (Phi) is 7.67. The van der Waals surface area contributed by atoms with Crippen LogP contribution in [0.5, 0.6) is 0 Å². The number of anilines is 3. The van der Waals surface area contributed by atoms with Crippen molar-refractivity contribution in [3.63, 3.8) is 0 Å². The van der Waals surface area contributed by atoms with Crippen LogP contribution < -0.4 is 4.90 Å². The highest BCUT2D eigenvalue weighted by atomic mass is 32.1. The molecule has 0 fully saturated rings. The monoisotopic (exact) mass is 696 g/mol. The summed E-state index contributed by atoms with van der Waals surface area (Å²) in [6, 6.07) is 68.7. The van der Waals surface area contributed by atoms with Crippen LogP contribution in [0.1, 0.15) is 0 Å². The molecule has 0 unspecified atom stereocenters. The summed E-state index contributed by atoms with van der Waals surface area (Å²) in [6.45, 7) is 0. The van der Waals surface area contributed by atoms with E-state index < -0.39 is 0 Å². The first-order chi connectivity index (χ1) is 26.3. The van der Waals surface area contributed by atoms with Crippen molar-refractivity contribution < 1.29 is 4.42 Å². The number of benzene rings is 8. The number of oxazole rings is 1. The highest BCUT2D eigenvalue weighted by Gasteiger charge is 2.21. The molecule has 2 aromatic heterocycles. The maximum atomic E-state index is 6.64. The average molecular weight is 697 g/mol. The summed E-state index contributed by atoms with van der Waals surface area (Å²) in [7, 11) is 0. The fourth-order valence-corrected chi connectivity index (χ4v) is 8.53. The molecule has 0 radical (unpaired) electrons. The van der Waals surface area contributed by atoms with Gasteiger partial charge in [0.1, 0.15) is 5.52 Å². The summed E-state index contributed by atoms with van der Waals surface area (Å²) >= 11 is 1.83. The molecule has 0 aliphatic rings. The third-order valence-corrected chi connectivity index (χ3v) is 11.0. The summed E-state index contributed by atoms with van der Waals surface area (Å²) in [5.74, 6) is 0.620. The quantitative estimate of drug-likeness (QED) is 0.166. The van der Waals surface area contributed by atoms with E-state index in [2.05, 4.69) is 163 Å². The number of nitrogens with zero attached hydrogens (tertiary/aromatic N) is 2. The van der Waals surface area contributed by atoms with E-state index in [9.17, 15) is 0 Å². The fraction of sp³-hybridized carbons (Fsp3) is 0. The molecule has 0 amide bonds. The third kappa shape index (κ3) is 5.66. The zero-order valence-electron chi connectivity index (χ0n) is 28.7. The van der Waals surface area contributed by atoms with E-state index in [1.165, 1.54) is 42.4 Å². The van der Waals surface area contributed by atoms with Crippen LogP contribution in [0.25, 0.3) is 76.1 Å². The Balaban J connectivity index is 1.19. The molecule has 10 rings (SSSR count). The van der Waals surface area contributed by atoms with Gasteiger partial charge >= 0.3 is 0 Å². The highest BCUT2D eigenvalue weighted by molar-refractivity contribution is 7.26. The summed E-state index contributed by atoms with van der Waals surface area (Å²) in [4.78, 5) is 7.31. The van der Waals surface area contributed by atoms with Crippen molar-refractivity contribution in [2.45, 2.75) is 0 Å². The largest absolute Gasteiger partial charge is 0.435 e. The molecule has 8 aromatic carbocycles. The van der Waals surface area contributed by atoms with Crippen LogP contribution >= 0.6 is 11.3 Å². The van der Waals surface area contributed by atoms with Gasteiger partial charge in [-0.05, 0) is 88.5 Å². The van der Waals surface area contributed by atoms with Crippen LogP contribution in [-0.2, 0) is 0 Å². The molecule has 0 aliphatic carbocycles. The van der Waals surface area contributed by atoms with Gasteiger partial charge in [0, 0.05) is 48.4 Å². The lowest BCUT2D eigenvalue weighted by Gasteiger charge is -2.27. The molecule has 10 aromatic rings. The van der Waals surface area contributed by atoms with Crippen LogP contribution in [0.3, 0.4) is 0 Å². The molecule has 0 saturated heterocycles. The van der Waals surface area contributed by atoms with Crippen LogP contribution in [0, 0.1) is 0 Å². The van der Waals surface area contributed by atoms with Gasteiger partial charge in [-0.2, -0.15) is 0 Å². The molecule has 0 atom stereocenters. The number of thiophene rings is 1. The Hall–Kier alpha value is -6.75. The number of para-hydroxylation sites is 1. The van der Waals surface area contributed by atoms with Gasteiger partial charge in [0.05, 0.1) is 0 Å². The van der Waals surface area contributed by atoms with Crippen molar-refractivity contribution >= 4 is 59.7 Å². The molecular formula is C49H32N2OS. The maximum absolute atomic E-state index is 6.64. The van der Waals surface area contributed by atoms with E-state index >= 15 is 0 Å². The summed E-state index contributed by atoms with van der Waals surface area (Å²) in [5, 5.41) is 2.46. The number of rotatable bonds is 7. The van der Waals surface area contributed by atoms with E-state index in [-0.39, 0.29) is 0 Å². The first-order valence-electron chi connectivity index (χ1n) is 17.8. The molecule has 0 spiro atoms. The first-order valence-corrected chi connectivity index (χ1v) is 18.6. The Morgan fingerprint density at radius 2 is 0.962 bits per heavy atom. The number of hydrogen-bond acceptors (Lipinski definition) is 4. The predicted octanol–water partition coefficient (Wildman–Crippen LogP) is 14.3. The minimum atomic E-state index is 0.620. The summed E-state index contributed by atoms with van der Waals surface area (Å²) in [5.41, 5.74) is 12.7. The second-order valence-electron chi connectivity index (χ2n) is 13.2. The van der Waals surface area contributed by atoms with E-state index in [4.69, 9.17) is 9.40 Å². The average Bonchev–Trinajstić information content (AvgIpc) is 3.85. The lowest BCUT2D eigenvalue weighted by atomic mass is 9.97. The second-order valence-corrected chi connectivity index (χ2v) is 14.2. The van der Waals surface area contributed by atoms with Gasteiger partial charge in [-0.25, -0.2) is 4.98 Å². The highest BCUT2D eigenvalue weighted by Crippen LogP contribution is 2.47. The van der Waals surface area contributed by atoms with Gasteiger partial charge < -0.3 is 9.32 Å². The van der Waals surface area contributed by atoms with Crippen LogP contribution in [0.2, 0.25) is 0 Å². The van der Waals surface area contributed by atoms with Crippen molar-refractivity contribution in [2.75, 3.05) is 4.90 Å². The zero-order chi connectivity index (χ0) is 35.1. The molecule has 0 N–H and O–H groups in total. The van der Waals surface area contributed by atoms with Crippen molar-refractivity contribution in [2.24, 2.45) is 0 Å². The standard InChI is InChI=1S/C49H32N2OS/c1-4-13-33(14-5-1)35-23-27-38(28-24-35)51(39-29-25-36(26-30-39)34-15-6-2-7-16-34)40-31-43(47-42-19-10-11-22-45(42)53-46(47)32-40)41-20-12-21-44-48(41)52-49(50-44)37-17-8-3-9-18-37/h1-32H. The van der Waals surface area contributed by atoms with Gasteiger partial charge in [0.25, 0.3) is 0 Å². The third-order valence-electron chi connectivity index (χ3n) is 9.91. The van der Waals surface area contributed by atoms with Crippen molar-refractivity contribution in [1.82, 2.24) is 4.98 Å². The van der Waals surface area contributed by atoms with E-state index in [0.717, 1.165) is 44.9 Å². The van der Waals surface area contributed by atoms with Gasteiger partial charge in [-0.1, -0.05) is 133 Å². The zero-order valence-corrected chi connectivity index (χ0v) is 29.5. The van der Waals surface area contributed by atoms with Gasteiger partial charge in [-0.3, -0.25) is 0 Å². The predicted molar refractivity (Wildman–Crippen MR) is 223 cm³/mol. The molecule has 0 bridgehead atoms. The Morgan fingerprint density at radius 3 is 1.58 bits per heavy atom. The van der Waals surface area contributed by atoms with Crippen molar-refractivity contribution in [3.8, 4) is 44.8 Å². The molecule has 0 saturated carbocycles.